The largest absolute Gasteiger partial charge is 0.322 e. The molecule has 2 heterocycles. The molecule has 96 valence electrons. The maximum atomic E-state index is 11.8. The van der Waals surface area contributed by atoms with Crippen LogP contribution in [0.5, 0.6) is 0 Å². The van der Waals surface area contributed by atoms with Crippen molar-refractivity contribution in [3.8, 4) is 0 Å². The molecule has 1 N–H and O–H groups in total. The van der Waals surface area contributed by atoms with Crippen molar-refractivity contribution in [3.05, 3.63) is 29.8 Å². The van der Waals surface area contributed by atoms with E-state index in [-0.39, 0.29) is 12.5 Å². The summed E-state index contributed by atoms with van der Waals surface area (Å²) in [4.78, 5) is 11.8. The first kappa shape index (κ1) is 12.3. The minimum absolute atomic E-state index is 0.100. The maximum absolute atomic E-state index is 11.8. The van der Waals surface area contributed by atoms with Crippen molar-refractivity contribution < 1.29 is 4.79 Å². The van der Waals surface area contributed by atoms with Gasteiger partial charge in [0.2, 0.25) is 5.91 Å². The third-order valence-electron chi connectivity index (χ3n) is 2.76. The van der Waals surface area contributed by atoms with Crippen LogP contribution in [0, 0.1) is 13.8 Å². The molecule has 0 bridgehead atoms. The lowest BCUT2D eigenvalue weighted by atomic mass is 10.4. The maximum Gasteiger partial charge on any atom is 0.246 e. The molecular formula is C12H17N5O. The molecule has 0 radical (unpaired) electrons. The molecule has 0 aliphatic rings. The minimum atomic E-state index is -0.100. The van der Waals surface area contributed by atoms with Crippen molar-refractivity contribution in [3.63, 3.8) is 0 Å². The molecule has 0 aliphatic carbocycles. The van der Waals surface area contributed by atoms with Crippen LogP contribution in [0.2, 0.25) is 0 Å². The van der Waals surface area contributed by atoms with Crippen molar-refractivity contribution in [2.75, 3.05) is 5.32 Å². The van der Waals surface area contributed by atoms with Crippen molar-refractivity contribution in [2.45, 2.75) is 33.9 Å². The van der Waals surface area contributed by atoms with Gasteiger partial charge in [-0.2, -0.15) is 10.2 Å². The van der Waals surface area contributed by atoms with Gasteiger partial charge >= 0.3 is 0 Å². The summed E-state index contributed by atoms with van der Waals surface area (Å²) in [5.74, 6) is -0.100. The summed E-state index contributed by atoms with van der Waals surface area (Å²) in [5, 5.41) is 11.2. The first-order valence-corrected chi connectivity index (χ1v) is 5.92. The average Bonchev–Trinajstić information content (AvgIpc) is 2.87. The van der Waals surface area contributed by atoms with E-state index in [1.54, 1.807) is 17.1 Å². The molecule has 0 spiro atoms. The Bertz CT molecular complexity index is 555. The van der Waals surface area contributed by atoms with Gasteiger partial charge in [0.05, 0.1) is 23.3 Å². The summed E-state index contributed by atoms with van der Waals surface area (Å²) in [6, 6.07) is 1.87. The summed E-state index contributed by atoms with van der Waals surface area (Å²) >= 11 is 0. The van der Waals surface area contributed by atoms with Crippen LogP contribution in [-0.4, -0.2) is 25.5 Å². The van der Waals surface area contributed by atoms with Crippen LogP contribution >= 0.6 is 0 Å². The van der Waals surface area contributed by atoms with E-state index in [4.69, 9.17) is 0 Å². The average molecular weight is 247 g/mol. The second kappa shape index (κ2) is 5.03. The van der Waals surface area contributed by atoms with E-state index in [0.717, 1.165) is 23.6 Å². The topological polar surface area (TPSA) is 64.7 Å². The molecule has 2 aromatic heterocycles. The number of aromatic nitrogens is 4. The van der Waals surface area contributed by atoms with Gasteiger partial charge in [-0.3, -0.25) is 14.2 Å². The van der Waals surface area contributed by atoms with Crippen LogP contribution in [0.25, 0.3) is 0 Å². The molecule has 2 aromatic rings. The van der Waals surface area contributed by atoms with Crippen molar-refractivity contribution in [1.29, 1.82) is 0 Å². The lowest BCUT2D eigenvalue weighted by Gasteiger charge is -2.05. The van der Waals surface area contributed by atoms with Gasteiger partial charge in [0.25, 0.3) is 0 Å². The number of aryl methyl sites for hydroxylation is 2. The number of nitrogens with one attached hydrogen (secondary N) is 1. The molecule has 0 saturated heterocycles. The third kappa shape index (κ3) is 2.58. The Morgan fingerprint density at radius 3 is 2.78 bits per heavy atom. The molecule has 0 fully saturated rings. The first-order valence-electron chi connectivity index (χ1n) is 5.92. The van der Waals surface area contributed by atoms with Crippen molar-refractivity contribution in [1.82, 2.24) is 19.6 Å². The number of rotatable bonds is 4. The Kier molecular flexibility index (Phi) is 3.45. The van der Waals surface area contributed by atoms with Gasteiger partial charge in [-0.15, -0.1) is 0 Å². The summed E-state index contributed by atoms with van der Waals surface area (Å²) in [6.07, 6.45) is 3.46. The fraction of sp³-hybridized carbons (Fsp3) is 0.417. The zero-order valence-electron chi connectivity index (χ0n) is 10.8. The Labute approximate surface area is 106 Å². The molecule has 6 heteroatoms. The van der Waals surface area contributed by atoms with E-state index >= 15 is 0 Å². The number of carbonyl (C=O) groups is 1. The van der Waals surface area contributed by atoms with Gasteiger partial charge in [0.15, 0.2) is 0 Å². The highest BCUT2D eigenvalue weighted by molar-refractivity contribution is 5.90. The summed E-state index contributed by atoms with van der Waals surface area (Å²) in [6.45, 7) is 6.84. The predicted octanol–water partition coefficient (Wildman–Crippen LogP) is 1.36. The van der Waals surface area contributed by atoms with E-state index < -0.39 is 0 Å². The Morgan fingerprint density at radius 2 is 2.22 bits per heavy atom. The van der Waals surface area contributed by atoms with Gasteiger partial charge in [0, 0.05) is 12.7 Å². The molecule has 0 saturated carbocycles. The van der Waals surface area contributed by atoms with E-state index in [2.05, 4.69) is 15.5 Å². The van der Waals surface area contributed by atoms with Crippen LogP contribution in [0.1, 0.15) is 18.3 Å². The predicted molar refractivity (Wildman–Crippen MR) is 68.2 cm³/mol. The van der Waals surface area contributed by atoms with Gasteiger partial charge in [-0.25, -0.2) is 0 Å². The Hall–Kier alpha value is -2.11. The SMILES string of the molecule is CCn1ncc(NC(=O)Cn2ccc(C)n2)c1C. The first-order chi connectivity index (χ1) is 8.60. The highest BCUT2D eigenvalue weighted by Gasteiger charge is 2.09. The van der Waals surface area contributed by atoms with Crippen LogP contribution in [0.15, 0.2) is 18.5 Å². The smallest absolute Gasteiger partial charge is 0.246 e. The van der Waals surface area contributed by atoms with Gasteiger partial charge < -0.3 is 5.32 Å². The number of nitrogens with zero attached hydrogens (tertiary/aromatic N) is 4. The zero-order valence-corrected chi connectivity index (χ0v) is 10.8. The van der Waals surface area contributed by atoms with Crippen LogP contribution in [0.3, 0.4) is 0 Å². The third-order valence-corrected chi connectivity index (χ3v) is 2.76. The van der Waals surface area contributed by atoms with E-state index in [1.165, 1.54) is 0 Å². The van der Waals surface area contributed by atoms with Gasteiger partial charge in [-0.05, 0) is 26.8 Å². The highest BCUT2D eigenvalue weighted by Crippen LogP contribution is 2.13. The second-order valence-corrected chi connectivity index (χ2v) is 4.16. The molecule has 0 aromatic carbocycles. The quantitative estimate of drug-likeness (QED) is 0.887. The molecular weight excluding hydrogens is 230 g/mol. The summed E-state index contributed by atoms with van der Waals surface area (Å²) < 4.78 is 3.46. The molecule has 0 unspecified atom stereocenters. The molecule has 18 heavy (non-hydrogen) atoms. The number of hydrogen-bond donors (Lipinski definition) is 1. The summed E-state index contributed by atoms with van der Waals surface area (Å²) in [7, 11) is 0. The standard InChI is InChI=1S/C12H17N5O/c1-4-17-10(3)11(7-13-17)14-12(18)8-16-6-5-9(2)15-16/h5-7H,4,8H2,1-3H3,(H,14,18). The lowest BCUT2D eigenvalue weighted by Crippen LogP contribution is -2.19. The van der Waals surface area contributed by atoms with Gasteiger partial charge in [-0.1, -0.05) is 0 Å². The molecule has 0 atom stereocenters. The number of amides is 1. The van der Waals surface area contributed by atoms with E-state index in [9.17, 15) is 4.79 Å². The van der Waals surface area contributed by atoms with E-state index in [1.807, 2.05) is 31.5 Å². The molecule has 0 aliphatic heterocycles. The lowest BCUT2D eigenvalue weighted by molar-refractivity contribution is -0.116. The molecule has 6 nitrogen and oxygen atoms in total. The summed E-state index contributed by atoms with van der Waals surface area (Å²) in [5.41, 5.74) is 2.62. The molecule has 2 rings (SSSR count). The highest BCUT2D eigenvalue weighted by atomic mass is 16.2. The van der Waals surface area contributed by atoms with Crippen LogP contribution < -0.4 is 5.32 Å². The van der Waals surface area contributed by atoms with Crippen LogP contribution in [0.4, 0.5) is 5.69 Å². The van der Waals surface area contributed by atoms with Crippen molar-refractivity contribution >= 4 is 11.6 Å². The van der Waals surface area contributed by atoms with Crippen molar-refractivity contribution in [2.24, 2.45) is 0 Å². The van der Waals surface area contributed by atoms with Crippen LogP contribution in [-0.2, 0) is 17.9 Å². The van der Waals surface area contributed by atoms with E-state index in [0.29, 0.717) is 0 Å². The monoisotopic (exact) mass is 247 g/mol. The number of carbonyl (C=O) groups excluding carboxylic acids is 1. The number of anilines is 1. The Morgan fingerprint density at radius 1 is 1.44 bits per heavy atom. The fourth-order valence-electron chi connectivity index (χ4n) is 1.78. The minimum Gasteiger partial charge on any atom is -0.322 e. The Balaban J connectivity index is 2.00. The normalized spacial score (nSPS) is 10.6. The number of hydrogen-bond acceptors (Lipinski definition) is 3. The molecule has 1 amide bonds. The second-order valence-electron chi connectivity index (χ2n) is 4.16. The zero-order chi connectivity index (χ0) is 13.1. The fourth-order valence-corrected chi connectivity index (χ4v) is 1.78. The van der Waals surface area contributed by atoms with Gasteiger partial charge in [0.1, 0.15) is 6.54 Å².